The molecule has 3 N–H and O–H groups in total. The summed E-state index contributed by atoms with van der Waals surface area (Å²) in [6.07, 6.45) is 1.00. The second-order valence-corrected chi connectivity index (χ2v) is 3.45. The monoisotopic (exact) mass is 222 g/mol. The average molecular weight is 222 g/mol. The normalized spacial score (nSPS) is 9.88. The summed E-state index contributed by atoms with van der Waals surface area (Å²) in [5.74, 6) is -0.318. The van der Waals surface area contributed by atoms with E-state index in [1.54, 1.807) is 25.1 Å². The van der Waals surface area contributed by atoms with E-state index in [1.807, 2.05) is 0 Å². The zero-order valence-electron chi connectivity index (χ0n) is 9.75. The van der Waals surface area contributed by atoms with E-state index in [2.05, 4.69) is 12.2 Å². The van der Waals surface area contributed by atoms with Crippen LogP contribution in [0.5, 0.6) is 0 Å². The summed E-state index contributed by atoms with van der Waals surface area (Å²) in [7, 11) is 0. The molecule has 0 aliphatic carbocycles. The Labute approximate surface area is 95.8 Å². The van der Waals surface area contributed by atoms with Crippen molar-refractivity contribution in [1.29, 1.82) is 0 Å². The Morgan fingerprint density at radius 2 is 2.19 bits per heavy atom. The lowest BCUT2D eigenvalue weighted by Gasteiger charge is -2.10. The number of hydrogen-bond acceptors (Lipinski definition) is 4. The number of esters is 1. The maximum Gasteiger partial charge on any atom is 0.338 e. The van der Waals surface area contributed by atoms with Crippen molar-refractivity contribution in [1.82, 2.24) is 0 Å². The summed E-state index contributed by atoms with van der Waals surface area (Å²) >= 11 is 0. The Hall–Kier alpha value is -1.71. The minimum Gasteiger partial charge on any atom is -0.462 e. The first-order valence-corrected chi connectivity index (χ1v) is 5.49. The fraction of sp³-hybridized carbons (Fsp3) is 0.417. The molecule has 0 bridgehead atoms. The molecule has 1 aromatic rings. The fourth-order valence-electron chi connectivity index (χ4n) is 1.31. The molecule has 4 nitrogen and oxygen atoms in total. The van der Waals surface area contributed by atoms with Gasteiger partial charge in [0, 0.05) is 6.54 Å². The van der Waals surface area contributed by atoms with Crippen LogP contribution in [0.3, 0.4) is 0 Å². The minimum atomic E-state index is -0.318. The minimum absolute atomic E-state index is 0.318. The van der Waals surface area contributed by atoms with Crippen LogP contribution in [0.2, 0.25) is 0 Å². The molecule has 0 atom stereocenters. The maximum atomic E-state index is 11.5. The molecular weight excluding hydrogens is 204 g/mol. The van der Waals surface area contributed by atoms with Gasteiger partial charge in [-0.15, -0.1) is 0 Å². The first-order chi connectivity index (χ1) is 7.69. The molecule has 0 saturated heterocycles. The van der Waals surface area contributed by atoms with Crippen molar-refractivity contribution >= 4 is 17.3 Å². The van der Waals surface area contributed by atoms with E-state index in [0.717, 1.165) is 18.7 Å². The number of benzene rings is 1. The summed E-state index contributed by atoms with van der Waals surface area (Å²) in [5.41, 5.74) is 7.74. The van der Waals surface area contributed by atoms with E-state index >= 15 is 0 Å². The van der Waals surface area contributed by atoms with E-state index in [9.17, 15) is 4.79 Å². The number of rotatable bonds is 5. The number of hydrogen-bond donors (Lipinski definition) is 2. The number of nitrogens with one attached hydrogen (secondary N) is 1. The molecule has 0 amide bonds. The Balaban J connectivity index is 2.84. The largest absolute Gasteiger partial charge is 0.462 e. The van der Waals surface area contributed by atoms with Gasteiger partial charge in [0.25, 0.3) is 0 Å². The first kappa shape index (κ1) is 12.4. The second kappa shape index (κ2) is 6.00. The summed E-state index contributed by atoms with van der Waals surface area (Å²) < 4.78 is 4.92. The van der Waals surface area contributed by atoms with Gasteiger partial charge in [0.15, 0.2) is 0 Å². The highest BCUT2D eigenvalue weighted by molar-refractivity contribution is 5.92. The predicted molar refractivity (Wildman–Crippen MR) is 65.6 cm³/mol. The van der Waals surface area contributed by atoms with E-state index in [0.29, 0.717) is 17.9 Å². The molecule has 88 valence electrons. The average Bonchev–Trinajstić information content (AvgIpc) is 2.28. The highest BCUT2D eigenvalue weighted by Crippen LogP contribution is 2.20. The zero-order chi connectivity index (χ0) is 12.0. The molecule has 0 fully saturated rings. The third-order valence-electron chi connectivity index (χ3n) is 2.13. The summed E-state index contributed by atoms with van der Waals surface area (Å²) in [6, 6.07) is 5.11. The van der Waals surface area contributed by atoms with Crippen LogP contribution in [-0.4, -0.2) is 19.1 Å². The molecule has 0 spiro atoms. The number of nitrogens with two attached hydrogens (primary N) is 1. The lowest BCUT2D eigenvalue weighted by Crippen LogP contribution is -2.08. The number of anilines is 2. The van der Waals surface area contributed by atoms with E-state index in [4.69, 9.17) is 10.5 Å². The summed E-state index contributed by atoms with van der Waals surface area (Å²) in [6.45, 7) is 5.06. The maximum absolute atomic E-state index is 11.5. The molecule has 0 unspecified atom stereocenters. The third kappa shape index (κ3) is 3.15. The number of ether oxygens (including phenoxy) is 1. The SMILES string of the molecule is CCCNc1cc(C(=O)OCC)ccc1N. The fourth-order valence-corrected chi connectivity index (χ4v) is 1.31. The number of carbonyl (C=O) groups excluding carboxylic acids is 1. The second-order valence-electron chi connectivity index (χ2n) is 3.45. The zero-order valence-corrected chi connectivity index (χ0v) is 9.75. The van der Waals surface area contributed by atoms with Gasteiger partial charge >= 0.3 is 5.97 Å². The van der Waals surface area contributed by atoms with Crippen LogP contribution in [0.15, 0.2) is 18.2 Å². The Morgan fingerprint density at radius 3 is 2.81 bits per heavy atom. The van der Waals surface area contributed by atoms with E-state index in [1.165, 1.54) is 0 Å². The highest BCUT2D eigenvalue weighted by atomic mass is 16.5. The van der Waals surface area contributed by atoms with Gasteiger partial charge in [0.05, 0.1) is 23.5 Å². The van der Waals surface area contributed by atoms with E-state index in [-0.39, 0.29) is 5.97 Å². The van der Waals surface area contributed by atoms with Crippen molar-refractivity contribution in [3.8, 4) is 0 Å². The van der Waals surface area contributed by atoms with Crippen molar-refractivity contribution in [2.45, 2.75) is 20.3 Å². The lowest BCUT2D eigenvalue weighted by atomic mass is 10.1. The number of nitrogen functional groups attached to an aromatic ring is 1. The van der Waals surface area contributed by atoms with Crippen molar-refractivity contribution < 1.29 is 9.53 Å². The summed E-state index contributed by atoms with van der Waals surface area (Å²) in [5, 5.41) is 3.17. The van der Waals surface area contributed by atoms with Gasteiger partial charge in [-0.05, 0) is 31.5 Å². The van der Waals surface area contributed by atoms with Crippen LogP contribution >= 0.6 is 0 Å². The molecule has 0 aromatic heterocycles. The van der Waals surface area contributed by atoms with Gasteiger partial charge in [-0.1, -0.05) is 6.92 Å². The van der Waals surface area contributed by atoms with Gasteiger partial charge in [0.1, 0.15) is 0 Å². The number of carbonyl (C=O) groups is 1. The topological polar surface area (TPSA) is 64.3 Å². The van der Waals surface area contributed by atoms with Gasteiger partial charge in [-0.3, -0.25) is 0 Å². The van der Waals surface area contributed by atoms with Gasteiger partial charge in [-0.2, -0.15) is 0 Å². The summed E-state index contributed by atoms with van der Waals surface area (Å²) in [4.78, 5) is 11.5. The Bertz CT molecular complexity index is 364. The van der Waals surface area contributed by atoms with Crippen LogP contribution in [0.1, 0.15) is 30.6 Å². The molecule has 16 heavy (non-hydrogen) atoms. The van der Waals surface area contributed by atoms with Crippen molar-refractivity contribution in [2.75, 3.05) is 24.2 Å². The van der Waals surface area contributed by atoms with Gasteiger partial charge < -0.3 is 15.8 Å². The molecular formula is C12H18N2O2. The molecule has 0 aliphatic rings. The molecule has 4 heteroatoms. The smallest absolute Gasteiger partial charge is 0.338 e. The van der Waals surface area contributed by atoms with Crippen LogP contribution in [0, 0.1) is 0 Å². The van der Waals surface area contributed by atoms with Crippen LogP contribution < -0.4 is 11.1 Å². The predicted octanol–water partition coefficient (Wildman–Crippen LogP) is 2.27. The molecule has 0 saturated carbocycles. The molecule has 0 heterocycles. The van der Waals surface area contributed by atoms with Crippen LogP contribution in [-0.2, 0) is 4.74 Å². The Morgan fingerprint density at radius 1 is 1.44 bits per heavy atom. The van der Waals surface area contributed by atoms with Crippen molar-refractivity contribution in [3.05, 3.63) is 23.8 Å². The molecule has 1 rings (SSSR count). The molecule has 0 radical (unpaired) electrons. The van der Waals surface area contributed by atoms with Gasteiger partial charge in [-0.25, -0.2) is 4.79 Å². The van der Waals surface area contributed by atoms with E-state index < -0.39 is 0 Å². The third-order valence-corrected chi connectivity index (χ3v) is 2.13. The molecule has 1 aromatic carbocycles. The standard InChI is InChI=1S/C12H18N2O2/c1-3-7-14-11-8-9(5-6-10(11)13)12(15)16-4-2/h5-6,8,14H,3-4,7,13H2,1-2H3. The first-order valence-electron chi connectivity index (χ1n) is 5.49. The van der Waals surface area contributed by atoms with Crippen LogP contribution in [0.25, 0.3) is 0 Å². The quantitative estimate of drug-likeness (QED) is 0.592. The van der Waals surface area contributed by atoms with Gasteiger partial charge in [0.2, 0.25) is 0 Å². The van der Waals surface area contributed by atoms with Crippen molar-refractivity contribution in [3.63, 3.8) is 0 Å². The molecule has 0 aliphatic heterocycles. The lowest BCUT2D eigenvalue weighted by molar-refractivity contribution is 0.0526. The Kier molecular flexibility index (Phi) is 4.64. The van der Waals surface area contributed by atoms with Crippen molar-refractivity contribution in [2.24, 2.45) is 0 Å². The van der Waals surface area contributed by atoms with Crippen LogP contribution in [0.4, 0.5) is 11.4 Å². The highest BCUT2D eigenvalue weighted by Gasteiger charge is 2.08.